The van der Waals surface area contributed by atoms with Crippen LogP contribution in [0.1, 0.15) is 24.4 Å². The van der Waals surface area contributed by atoms with Gasteiger partial charge in [0.15, 0.2) is 5.76 Å². The maximum atomic E-state index is 11.7. The minimum Gasteiger partial charge on any atom is -0.459 e. The van der Waals surface area contributed by atoms with Crippen molar-refractivity contribution in [1.82, 2.24) is 10.8 Å². The van der Waals surface area contributed by atoms with Crippen LogP contribution in [0.2, 0.25) is 0 Å². The molecule has 0 aliphatic rings. The molecule has 1 aromatic heterocycles. The summed E-state index contributed by atoms with van der Waals surface area (Å²) in [7, 11) is 1.34. The van der Waals surface area contributed by atoms with Crippen molar-refractivity contribution in [3.05, 3.63) is 24.2 Å². The molecule has 94 valence electrons. The van der Waals surface area contributed by atoms with E-state index in [1.165, 1.54) is 19.4 Å². The van der Waals surface area contributed by atoms with E-state index >= 15 is 0 Å². The molecule has 1 rings (SSSR count). The first-order valence-corrected chi connectivity index (χ1v) is 5.23. The van der Waals surface area contributed by atoms with Gasteiger partial charge in [0.1, 0.15) is 6.04 Å². The molecular weight excluding hydrogens is 224 g/mol. The lowest BCUT2D eigenvalue weighted by Gasteiger charge is -2.20. The monoisotopic (exact) mass is 240 g/mol. The molecule has 17 heavy (non-hydrogen) atoms. The van der Waals surface area contributed by atoms with Crippen molar-refractivity contribution in [3.63, 3.8) is 0 Å². The third kappa shape index (κ3) is 3.60. The number of carbonyl (C=O) groups excluding carboxylic acids is 2. The maximum Gasteiger partial charge on any atom is 0.287 e. The molecule has 0 aliphatic heterocycles. The number of rotatable bonds is 5. The van der Waals surface area contributed by atoms with Crippen LogP contribution in [0.4, 0.5) is 0 Å². The molecule has 1 aromatic rings. The highest BCUT2D eigenvalue weighted by Gasteiger charge is 2.25. The van der Waals surface area contributed by atoms with Gasteiger partial charge in [-0.15, -0.1) is 0 Å². The van der Waals surface area contributed by atoms with Gasteiger partial charge >= 0.3 is 0 Å². The Kier molecular flexibility index (Phi) is 4.71. The minimum atomic E-state index is -0.674. The molecule has 0 radical (unpaired) electrons. The molecule has 0 aliphatic carbocycles. The van der Waals surface area contributed by atoms with Crippen LogP contribution in [-0.2, 0) is 9.63 Å². The fraction of sp³-hybridized carbons (Fsp3) is 0.455. The summed E-state index contributed by atoms with van der Waals surface area (Å²) in [5, 5.41) is 2.58. The molecular formula is C11H16N2O4. The van der Waals surface area contributed by atoms with E-state index in [0.29, 0.717) is 0 Å². The second-order valence-electron chi connectivity index (χ2n) is 3.84. The molecule has 6 heteroatoms. The lowest BCUT2D eigenvalue weighted by molar-refractivity contribution is -0.134. The van der Waals surface area contributed by atoms with Gasteiger partial charge in [0.05, 0.1) is 13.4 Å². The molecule has 0 saturated carbocycles. The molecule has 0 saturated heterocycles. The Hall–Kier alpha value is -1.82. The Morgan fingerprint density at radius 1 is 1.41 bits per heavy atom. The average Bonchev–Trinajstić information content (AvgIpc) is 2.78. The summed E-state index contributed by atoms with van der Waals surface area (Å²) < 4.78 is 4.94. The molecule has 1 unspecified atom stereocenters. The quantitative estimate of drug-likeness (QED) is 0.743. The van der Waals surface area contributed by atoms with Crippen LogP contribution in [0.3, 0.4) is 0 Å². The van der Waals surface area contributed by atoms with Crippen molar-refractivity contribution in [2.75, 3.05) is 7.11 Å². The highest BCUT2D eigenvalue weighted by molar-refractivity contribution is 5.95. The zero-order chi connectivity index (χ0) is 12.8. The fourth-order valence-corrected chi connectivity index (χ4v) is 1.32. The third-order valence-electron chi connectivity index (χ3n) is 2.18. The van der Waals surface area contributed by atoms with E-state index < -0.39 is 17.9 Å². The number of amides is 2. The van der Waals surface area contributed by atoms with E-state index in [1.807, 2.05) is 13.8 Å². The third-order valence-corrected chi connectivity index (χ3v) is 2.18. The van der Waals surface area contributed by atoms with Crippen molar-refractivity contribution < 1.29 is 18.8 Å². The van der Waals surface area contributed by atoms with Crippen molar-refractivity contribution in [2.24, 2.45) is 5.92 Å². The Balaban J connectivity index is 2.67. The second kappa shape index (κ2) is 6.05. The zero-order valence-corrected chi connectivity index (χ0v) is 10.0. The Morgan fingerprint density at radius 3 is 2.59 bits per heavy atom. The van der Waals surface area contributed by atoms with Crippen LogP contribution in [0.25, 0.3) is 0 Å². The minimum absolute atomic E-state index is 0.0657. The Morgan fingerprint density at radius 2 is 2.12 bits per heavy atom. The summed E-state index contributed by atoms with van der Waals surface area (Å²) in [6.07, 6.45) is 1.40. The van der Waals surface area contributed by atoms with Gasteiger partial charge in [-0.25, -0.2) is 5.48 Å². The van der Waals surface area contributed by atoms with Crippen molar-refractivity contribution in [1.29, 1.82) is 0 Å². The number of hydroxylamine groups is 1. The van der Waals surface area contributed by atoms with Gasteiger partial charge in [-0.1, -0.05) is 13.8 Å². The van der Waals surface area contributed by atoms with Gasteiger partial charge in [-0.3, -0.25) is 14.4 Å². The van der Waals surface area contributed by atoms with Crippen LogP contribution >= 0.6 is 0 Å². The summed E-state index contributed by atoms with van der Waals surface area (Å²) in [5.41, 5.74) is 2.19. The lowest BCUT2D eigenvalue weighted by atomic mass is 10.0. The van der Waals surface area contributed by atoms with E-state index in [4.69, 9.17) is 4.42 Å². The number of hydrogen-bond acceptors (Lipinski definition) is 4. The predicted octanol–water partition coefficient (Wildman–Crippen LogP) is 0.712. The van der Waals surface area contributed by atoms with E-state index in [2.05, 4.69) is 15.6 Å². The first kappa shape index (κ1) is 13.2. The SMILES string of the molecule is CONC(=O)C(NC(=O)c1ccco1)C(C)C. The smallest absolute Gasteiger partial charge is 0.287 e. The lowest BCUT2D eigenvalue weighted by Crippen LogP contribution is -2.49. The van der Waals surface area contributed by atoms with Gasteiger partial charge < -0.3 is 9.73 Å². The van der Waals surface area contributed by atoms with E-state index in [-0.39, 0.29) is 11.7 Å². The summed E-state index contributed by atoms with van der Waals surface area (Å²) in [6, 6.07) is 2.46. The summed E-state index contributed by atoms with van der Waals surface area (Å²) in [6.45, 7) is 3.64. The topological polar surface area (TPSA) is 80.6 Å². The molecule has 1 heterocycles. The first-order chi connectivity index (χ1) is 8.06. The molecule has 0 fully saturated rings. The fourth-order valence-electron chi connectivity index (χ4n) is 1.32. The van der Waals surface area contributed by atoms with Crippen LogP contribution in [0, 0.1) is 5.92 Å². The summed E-state index contributed by atoms with van der Waals surface area (Å²) in [5.74, 6) is -0.729. The predicted molar refractivity (Wildman–Crippen MR) is 60.0 cm³/mol. The molecule has 1 atom stereocenters. The molecule has 6 nitrogen and oxygen atoms in total. The van der Waals surface area contributed by atoms with Crippen LogP contribution < -0.4 is 10.8 Å². The van der Waals surface area contributed by atoms with Gasteiger partial charge in [-0.05, 0) is 18.1 Å². The van der Waals surface area contributed by atoms with E-state index in [9.17, 15) is 9.59 Å². The van der Waals surface area contributed by atoms with E-state index in [0.717, 1.165) is 0 Å². The van der Waals surface area contributed by atoms with Crippen molar-refractivity contribution in [2.45, 2.75) is 19.9 Å². The zero-order valence-electron chi connectivity index (χ0n) is 10.0. The van der Waals surface area contributed by atoms with E-state index in [1.54, 1.807) is 6.07 Å². The van der Waals surface area contributed by atoms with Gasteiger partial charge in [-0.2, -0.15) is 0 Å². The van der Waals surface area contributed by atoms with Crippen LogP contribution in [0.5, 0.6) is 0 Å². The molecule has 0 spiro atoms. The molecule has 2 amide bonds. The van der Waals surface area contributed by atoms with Crippen molar-refractivity contribution >= 4 is 11.8 Å². The van der Waals surface area contributed by atoms with Gasteiger partial charge in [0.2, 0.25) is 0 Å². The Bertz CT molecular complexity index is 373. The maximum absolute atomic E-state index is 11.7. The number of hydrogen-bond donors (Lipinski definition) is 2. The number of furan rings is 1. The molecule has 2 N–H and O–H groups in total. The number of carbonyl (C=O) groups is 2. The Labute approximate surface area is 99.3 Å². The van der Waals surface area contributed by atoms with Gasteiger partial charge in [0, 0.05) is 0 Å². The first-order valence-electron chi connectivity index (χ1n) is 5.23. The highest BCUT2D eigenvalue weighted by atomic mass is 16.6. The normalized spacial score (nSPS) is 12.2. The van der Waals surface area contributed by atoms with Gasteiger partial charge in [0.25, 0.3) is 11.8 Å². The highest BCUT2D eigenvalue weighted by Crippen LogP contribution is 2.05. The van der Waals surface area contributed by atoms with Crippen LogP contribution in [-0.4, -0.2) is 25.0 Å². The van der Waals surface area contributed by atoms with Crippen LogP contribution in [0.15, 0.2) is 22.8 Å². The second-order valence-corrected chi connectivity index (χ2v) is 3.84. The summed E-state index contributed by atoms with van der Waals surface area (Å²) in [4.78, 5) is 27.8. The standard InChI is InChI=1S/C11H16N2O4/c1-7(2)9(11(15)13-16-3)12-10(14)8-5-4-6-17-8/h4-7,9H,1-3H3,(H,12,14)(H,13,15). The average molecular weight is 240 g/mol. The summed E-state index contributed by atoms with van der Waals surface area (Å²) >= 11 is 0. The largest absolute Gasteiger partial charge is 0.459 e. The number of nitrogens with one attached hydrogen (secondary N) is 2. The molecule has 0 aromatic carbocycles. The molecule has 0 bridgehead atoms. The van der Waals surface area contributed by atoms with Crippen molar-refractivity contribution in [3.8, 4) is 0 Å².